The van der Waals surface area contributed by atoms with Gasteiger partial charge in [0.2, 0.25) is 5.91 Å². The first-order valence-electron chi connectivity index (χ1n) is 8.58. The van der Waals surface area contributed by atoms with Gasteiger partial charge in [-0.05, 0) is 44.4 Å². The number of pyridine rings is 1. The van der Waals surface area contributed by atoms with Crippen molar-refractivity contribution in [2.24, 2.45) is 0 Å². The average Bonchev–Trinajstić information content (AvgIpc) is 2.58. The number of carbonyl (C=O) groups excluding carboxylic acids is 3. The smallest absolute Gasteiger partial charge is 0.408 e. The number of hydrogen-bond acceptors (Lipinski definition) is 6. The Balaban J connectivity index is 2.15. The van der Waals surface area contributed by atoms with Crippen LogP contribution in [0.25, 0.3) is 0 Å². The fourth-order valence-electron chi connectivity index (χ4n) is 2.92. The molecule has 0 saturated heterocycles. The summed E-state index contributed by atoms with van der Waals surface area (Å²) < 4.78 is 9.90. The van der Waals surface area contributed by atoms with E-state index in [4.69, 9.17) is 21.1 Å². The molecule has 0 aliphatic carbocycles. The monoisotopic (exact) mass is 397 g/mol. The van der Waals surface area contributed by atoms with Crippen molar-refractivity contribution in [3.05, 3.63) is 28.5 Å². The lowest BCUT2D eigenvalue weighted by Crippen LogP contribution is -2.46. The van der Waals surface area contributed by atoms with Crippen LogP contribution in [-0.4, -0.2) is 53.7 Å². The molecular weight excluding hydrogens is 374 g/mol. The van der Waals surface area contributed by atoms with E-state index in [1.165, 1.54) is 7.11 Å². The maximum Gasteiger partial charge on any atom is 0.408 e. The number of nitrogens with zero attached hydrogens (tertiary/aromatic N) is 2. The Morgan fingerprint density at radius 3 is 2.70 bits per heavy atom. The predicted molar refractivity (Wildman–Crippen MR) is 98.3 cm³/mol. The normalized spacial score (nSPS) is 16.3. The van der Waals surface area contributed by atoms with Crippen molar-refractivity contribution in [2.75, 3.05) is 20.2 Å². The Morgan fingerprint density at radius 2 is 2.07 bits per heavy atom. The first kappa shape index (κ1) is 21.0. The molecule has 0 bridgehead atoms. The fourth-order valence-corrected chi connectivity index (χ4v) is 3.18. The maximum atomic E-state index is 12.7. The van der Waals surface area contributed by atoms with E-state index in [1.54, 1.807) is 37.9 Å². The largest absolute Gasteiger partial charge is 0.469 e. The number of methoxy groups -OCH3 is 1. The van der Waals surface area contributed by atoms with Gasteiger partial charge in [-0.25, -0.2) is 9.78 Å². The van der Waals surface area contributed by atoms with Crippen molar-refractivity contribution in [2.45, 2.75) is 45.3 Å². The molecule has 1 aromatic rings. The minimum absolute atomic E-state index is 0.0119. The molecule has 0 saturated carbocycles. The Morgan fingerprint density at radius 1 is 1.37 bits per heavy atom. The van der Waals surface area contributed by atoms with E-state index >= 15 is 0 Å². The van der Waals surface area contributed by atoms with Crippen LogP contribution in [0.1, 0.15) is 44.4 Å². The molecule has 27 heavy (non-hydrogen) atoms. The van der Waals surface area contributed by atoms with Gasteiger partial charge in [0.15, 0.2) is 0 Å². The molecule has 0 radical (unpaired) electrons. The first-order valence-corrected chi connectivity index (χ1v) is 8.96. The van der Waals surface area contributed by atoms with Crippen LogP contribution in [0.4, 0.5) is 4.79 Å². The van der Waals surface area contributed by atoms with E-state index in [0.717, 1.165) is 11.1 Å². The summed E-state index contributed by atoms with van der Waals surface area (Å²) >= 11 is 6.17. The Labute approximate surface area is 163 Å². The Hall–Kier alpha value is -2.35. The van der Waals surface area contributed by atoms with Gasteiger partial charge in [0.1, 0.15) is 17.3 Å². The molecule has 0 aromatic carbocycles. The van der Waals surface area contributed by atoms with Crippen LogP contribution >= 0.6 is 11.6 Å². The summed E-state index contributed by atoms with van der Waals surface area (Å²) in [7, 11) is 1.29. The number of rotatable bonds is 4. The first-order chi connectivity index (χ1) is 12.6. The number of nitrogens with one attached hydrogen (secondary N) is 1. The summed E-state index contributed by atoms with van der Waals surface area (Å²) in [5, 5.41) is 2.81. The van der Waals surface area contributed by atoms with Gasteiger partial charge in [0, 0.05) is 12.7 Å². The number of ether oxygens (including phenoxy) is 2. The lowest BCUT2D eigenvalue weighted by molar-refractivity contribution is -0.144. The van der Waals surface area contributed by atoms with Crippen molar-refractivity contribution < 1.29 is 23.9 Å². The highest BCUT2D eigenvalue weighted by Crippen LogP contribution is 2.35. The van der Waals surface area contributed by atoms with Crippen LogP contribution in [0.15, 0.2) is 12.3 Å². The van der Waals surface area contributed by atoms with E-state index in [-0.39, 0.29) is 18.9 Å². The van der Waals surface area contributed by atoms with Crippen LogP contribution in [0, 0.1) is 0 Å². The summed E-state index contributed by atoms with van der Waals surface area (Å²) in [6.45, 7) is 5.33. The molecule has 2 heterocycles. The van der Waals surface area contributed by atoms with Crippen LogP contribution in [0.2, 0.25) is 5.15 Å². The highest BCUT2D eigenvalue weighted by atomic mass is 35.5. The molecule has 2 amide bonds. The number of alkyl carbamates (subject to hydrolysis) is 1. The minimum Gasteiger partial charge on any atom is -0.469 e. The third-order valence-electron chi connectivity index (χ3n) is 4.07. The molecule has 1 aliphatic heterocycles. The van der Waals surface area contributed by atoms with Crippen LogP contribution in [0.5, 0.6) is 0 Å². The number of carbonyl (C=O) groups is 3. The number of fused-ring (bicyclic) bond motifs is 1. The lowest BCUT2D eigenvalue weighted by Gasteiger charge is -2.37. The second-order valence-corrected chi connectivity index (χ2v) is 7.52. The third-order valence-corrected chi connectivity index (χ3v) is 4.39. The van der Waals surface area contributed by atoms with Gasteiger partial charge in [-0.2, -0.15) is 0 Å². The maximum absolute atomic E-state index is 12.7. The zero-order chi connectivity index (χ0) is 20.2. The third kappa shape index (κ3) is 5.56. The highest BCUT2D eigenvalue weighted by molar-refractivity contribution is 6.30. The van der Waals surface area contributed by atoms with Gasteiger partial charge in [0.05, 0.1) is 19.6 Å². The molecular formula is C18H24ClN3O5. The summed E-state index contributed by atoms with van der Waals surface area (Å²) in [5.74, 6) is -0.771. The molecule has 1 aliphatic rings. The fraction of sp³-hybridized carbons (Fsp3) is 0.556. The van der Waals surface area contributed by atoms with Crippen molar-refractivity contribution in [3.63, 3.8) is 0 Å². The van der Waals surface area contributed by atoms with Gasteiger partial charge in [-0.15, -0.1) is 0 Å². The van der Waals surface area contributed by atoms with Gasteiger partial charge in [-0.1, -0.05) is 11.6 Å². The van der Waals surface area contributed by atoms with Crippen molar-refractivity contribution in [1.29, 1.82) is 0 Å². The van der Waals surface area contributed by atoms with Crippen molar-refractivity contribution >= 4 is 29.6 Å². The number of halogens is 1. The SMILES string of the molecule is COC(=O)CC1c2ccnc(Cl)c2CCN1C(=O)CNC(=O)OC(C)(C)C. The number of esters is 1. The van der Waals surface area contributed by atoms with E-state index in [1.807, 2.05) is 0 Å². The number of hydrogen-bond donors (Lipinski definition) is 1. The van der Waals surface area contributed by atoms with Crippen LogP contribution in [0.3, 0.4) is 0 Å². The predicted octanol–water partition coefficient (Wildman–Crippen LogP) is 2.25. The summed E-state index contributed by atoms with van der Waals surface area (Å²) in [4.78, 5) is 42.0. The van der Waals surface area contributed by atoms with Gasteiger partial charge in [0.25, 0.3) is 0 Å². The zero-order valence-electron chi connectivity index (χ0n) is 15.9. The van der Waals surface area contributed by atoms with Gasteiger partial charge >= 0.3 is 12.1 Å². The quantitative estimate of drug-likeness (QED) is 0.618. The molecule has 2 rings (SSSR count). The second kappa shape index (κ2) is 8.56. The van der Waals surface area contributed by atoms with Gasteiger partial charge < -0.3 is 19.7 Å². The van der Waals surface area contributed by atoms with Crippen molar-refractivity contribution in [1.82, 2.24) is 15.2 Å². The number of aromatic nitrogens is 1. The summed E-state index contributed by atoms with van der Waals surface area (Å²) in [5.41, 5.74) is 0.920. The highest BCUT2D eigenvalue weighted by Gasteiger charge is 2.34. The van der Waals surface area contributed by atoms with E-state index in [0.29, 0.717) is 18.1 Å². The molecule has 1 N–H and O–H groups in total. The topological polar surface area (TPSA) is 97.8 Å². The Bertz CT molecular complexity index is 732. The van der Waals surface area contributed by atoms with Crippen LogP contribution in [-0.2, 0) is 25.5 Å². The molecule has 148 valence electrons. The van der Waals surface area contributed by atoms with E-state index < -0.39 is 23.7 Å². The molecule has 1 unspecified atom stereocenters. The van der Waals surface area contributed by atoms with Gasteiger partial charge in [-0.3, -0.25) is 9.59 Å². The average molecular weight is 398 g/mol. The standard InChI is InChI=1S/C18H24ClN3O5/c1-18(2,3)27-17(25)21-10-14(23)22-8-6-12-11(5-7-20-16(12)19)13(22)9-15(24)26-4/h5,7,13H,6,8-10H2,1-4H3,(H,21,25). The van der Waals surface area contributed by atoms with E-state index in [9.17, 15) is 14.4 Å². The molecule has 0 spiro atoms. The van der Waals surface area contributed by atoms with E-state index in [2.05, 4.69) is 10.3 Å². The molecule has 9 heteroatoms. The molecule has 1 atom stereocenters. The molecule has 0 fully saturated rings. The van der Waals surface area contributed by atoms with Crippen LogP contribution < -0.4 is 5.32 Å². The molecule has 8 nitrogen and oxygen atoms in total. The number of amides is 2. The summed E-state index contributed by atoms with van der Waals surface area (Å²) in [6.07, 6.45) is 1.36. The second-order valence-electron chi connectivity index (χ2n) is 7.16. The van der Waals surface area contributed by atoms with Crippen molar-refractivity contribution in [3.8, 4) is 0 Å². The Kier molecular flexibility index (Phi) is 6.64. The summed E-state index contributed by atoms with van der Waals surface area (Å²) in [6, 6.07) is 1.21. The zero-order valence-corrected chi connectivity index (χ0v) is 16.6. The lowest BCUT2D eigenvalue weighted by atomic mass is 9.92. The molecule has 1 aromatic heterocycles. The minimum atomic E-state index is -0.676.